The van der Waals surface area contributed by atoms with Crippen LogP contribution in [0.5, 0.6) is 5.75 Å². The fourth-order valence-electron chi connectivity index (χ4n) is 4.33. The van der Waals surface area contributed by atoms with Crippen LogP contribution in [0.2, 0.25) is 10.0 Å². The van der Waals surface area contributed by atoms with Crippen LogP contribution < -0.4 is 5.32 Å². The molecule has 1 amide bonds. The molecule has 0 bridgehead atoms. The van der Waals surface area contributed by atoms with Crippen molar-refractivity contribution in [3.63, 3.8) is 0 Å². The maximum atomic E-state index is 13.4. The quantitative estimate of drug-likeness (QED) is 0.489. The number of benzene rings is 2. The maximum Gasteiger partial charge on any atom is 0.331 e. The first kappa shape index (κ1) is 23.1. The van der Waals surface area contributed by atoms with Crippen molar-refractivity contribution in [3.05, 3.63) is 63.8 Å². The second-order valence-corrected chi connectivity index (χ2v) is 8.96. The van der Waals surface area contributed by atoms with Gasteiger partial charge in [0.1, 0.15) is 11.3 Å². The maximum absolute atomic E-state index is 13.4. The zero-order valence-corrected chi connectivity index (χ0v) is 19.7. The number of hydrogen-bond acceptors (Lipinski definition) is 5. The molecule has 0 saturated heterocycles. The standard InChI is InChI=1S/C24H23Cl2N3O4/c1-14-20(22(31)27-24(23(32)33-2)11-3-4-12-24)28-29(19-10-7-16(25)13-18(19)26)21(14)15-5-8-17(30)9-6-15/h5-10,13,30H,3-4,11-12H2,1-2H3,(H,27,31). The number of nitrogens with zero attached hydrogens (tertiary/aromatic N) is 2. The number of hydrogen-bond donors (Lipinski definition) is 2. The highest BCUT2D eigenvalue weighted by Gasteiger charge is 2.44. The first-order valence-corrected chi connectivity index (χ1v) is 11.3. The van der Waals surface area contributed by atoms with Gasteiger partial charge in [0.15, 0.2) is 5.69 Å². The molecule has 0 unspecified atom stereocenters. The summed E-state index contributed by atoms with van der Waals surface area (Å²) in [5, 5.41) is 18.0. The van der Waals surface area contributed by atoms with E-state index in [9.17, 15) is 14.7 Å². The number of halogens is 2. The molecule has 1 heterocycles. The van der Waals surface area contributed by atoms with Gasteiger partial charge in [-0.1, -0.05) is 36.0 Å². The van der Waals surface area contributed by atoms with E-state index in [2.05, 4.69) is 10.4 Å². The number of carbonyl (C=O) groups excluding carboxylic acids is 2. The van der Waals surface area contributed by atoms with Gasteiger partial charge in [-0.15, -0.1) is 0 Å². The van der Waals surface area contributed by atoms with Crippen LogP contribution in [-0.4, -0.2) is 39.4 Å². The Morgan fingerprint density at radius 3 is 2.39 bits per heavy atom. The molecular weight excluding hydrogens is 465 g/mol. The van der Waals surface area contributed by atoms with E-state index in [1.165, 1.54) is 7.11 Å². The van der Waals surface area contributed by atoms with Gasteiger partial charge in [-0.05, 0) is 62.2 Å². The van der Waals surface area contributed by atoms with Crippen LogP contribution in [0.25, 0.3) is 16.9 Å². The number of phenols is 1. The SMILES string of the molecule is COC(=O)C1(NC(=O)c2nn(-c3ccc(Cl)cc3Cl)c(-c3ccc(O)cc3)c2C)CCCC1. The Hall–Kier alpha value is -3.03. The van der Waals surface area contributed by atoms with Gasteiger partial charge in [-0.3, -0.25) is 4.79 Å². The van der Waals surface area contributed by atoms with Crippen molar-refractivity contribution in [1.29, 1.82) is 0 Å². The monoisotopic (exact) mass is 487 g/mol. The number of amides is 1. The number of rotatable bonds is 5. The first-order valence-electron chi connectivity index (χ1n) is 10.5. The van der Waals surface area contributed by atoms with Gasteiger partial charge in [0.05, 0.1) is 23.5 Å². The molecule has 0 spiro atoms. The number of carbonyl (C=O) groups is 2. The van der Waals surface area contributed by atoms with Crippen LogP contribution in [0.4, 0.5) is 0 Å². The van der Waals surface area contributed by atoms with Crippen LogP contribution >= 0.6 is 23.2 Å². The van der Waals surface area contributed by atoms with Crippen molar-refractivity contribution in [2.45, 2.75) is 38.1 Å². The molecule has 3 aromatic rings. The van der Waals surface area contributed by atoms with Gasteiger partial charge >= 0.3 is 5.97 Å². The Morgan fingerprint density at radius 1 is 1.12 bits per heavy atom. The first-order chi connectivity index (χ1) is 15.8. The third-order valence-corrected chi connectivity index (χ3v) is 6.54. The summed E-state index contributed by atoms with van der Waals surface area (Å²) in [7, 11) is 1.32. The number of nitrogens with one attached hydrogen (secondary N) is 1. The number of methoxy groups -OCH3 is 1. The molecule has 4 rings (SSSR count). The van der Waals surface area contributed by atoms with Crippen LogP contribution in [0.1, 0.15) is 41.7 Å². The van der Waals surface area contributed by atoms with Gasteiger partial charge < -0.3 is 15.2 Å². The number of esters is 1. The second-order valence-electron chi connectivity index (χ2n) is 8.11. The molecule has 2 aromatic carbocycles. The fraction of sp³-hybridized carbons (Fsp3) is 0.292. The average molecular weight is 488 g/mol. The summed E-state index contributed by atoms with van der Waals surface area (Å²) < 4.78 is 6.56. The molecule has 1 fully saturated rings. The Balaban J connectivity index is 1.83. The third-order valence-electron chi connectivity index (χ3n) is 6.00. The molecule has 1 aliphatic carbocycles. The molecule has 1 aliphatic rings. The predicted molar refractivity (Wildman–Crippen MR) is 126 cm³/mol. The molecule has 0 radical (unpaired) electrons. The highest BCUT2D eigenvalue weighted by Crippen LogP contribution is 2.35. The number of aromatic nitrogens is 2. The molecule has 9 heteroatoms. The number of phenolic OH excluding ortho intramolecular Hbond substituents is 1. The molecular formula is C24H23Cl2N3O4. The van der Waals surface area contributed by atoms with Crippen LogP contribution in [0.3, 0.4) is 0 Å². The zero-order valence-electron chi connectivity index (χ0n) is 18.2. The van der Waals surface area contributed by atoms with E-state index in [0.717, 1.165) is 18.4 Å². The molecule has 0 aliphatic heterocycles. The van der Waals surface area contributed by atoms with Crippen LogP contribution in [0, 0.1) is 6.92 Å². The van der Waals surface area contributed by atoms with E-state index >= 15 is 0 Å². The Labute approximate surface area is 201 Å². The fourth-order valence-corrected chi connectivity index (χ4v) is 4.82. The van der Waals surface area contributed by atoms with E-state index in [0.29, 0.717) is 39.8 Å². The van der Waals surface area contributed by atoms with Gasteiger partial charge in [0, 0.05) is 16.1 Å². The lowest BCUT2D eigenvalue weighted by Gasteiger charge is -2.26. The van der Waals surface area contributed by atoms with E-state index in [-0.39, 0.29) is 11.4 Å². The molecule has 7 nitrogen and oxygen atoms in total. The average Bonchev–Trinajstić information content (AvgIpc) is 3.39. The minimum atomic E-state index is -1.06. The summed E-state index contributed by atoms with van der Waals surface area (Å²) in [6, 6.07) is 11.6. The summed E-state index contributed by atoms with van der Waals surface area (Å²) in [5.41, 5.74) is 1.60. The number of ether oxygens (including phenoxy) is 1. The highest BCUT2D eigenvalue weighted by atomic mass is 35.5. The van der Waals surface area contributed by atoms with Crippen LogP contribution in [-0.2, 0) is 9.53 Å². The summed E-state index contributed by atoms with van der Waals surface area (Å²) in [4.78, 5) is 25.9. The van der Waals surface area contributed by atoms with Gasteiger partial charge in [-0.25, -0.2) is 9.48 Å². The van der Waals surface area contributed by atoms with Crippen molar-refractivity contribution in [1.82, 2.24) is 15.1 Å². The summed E-state index contributed by atoms with van der Waals surface area (Å²) in [5.74, 6) is -0.806. The van der Waals surface area contributed by atoms with Gasteiger partial charge in [0.25, 0.3) is 5.91 Å². The lowest BCUT2D eigenvalue weighted by Crippen LogP contribution is -2.53. The Kier molecular flexibility index (Phi) is 6.36. The van der Waals surface area contributed by atoms with E-state index < -0.39 is 17.4 Å². The minimum absolute atomic E-state index is 0.117. The molecule has 172 valence electrons. The molecule has 33 heavy (non-hydrogen) atoms. The molecule has 0 atom stereocenters. The van der Waals surface area contributed by atoms with Crippen molar-refractivity contribution < 1.29 is 19.4 Å². The van der Waals surface area contributed by atoms with Crippen molar-refractivity contribution in [3.8, 4) is 22.7 Å². The summed E-state index contributed by atoms with van der Waals surface area (Å²) in [6.07, 6.45) is 2.67. The molecule has 2 N–H and O–H groups in total. The highest BCUT2D eigenvalue weighted by molar-refractivity contribution is 6.35. The molecule has 1 saturated carbocycles. The van der Waals surface area contributed by atoms with Crippen molar-refractivity contribution in [2.75, 3.05) is 7.11 Å². The lowest BCUT2D eigenvalue weighted by molar-refractivity contribution is -0.148. The summed E-state index contributed by atoms with van der Waals surface area (Å²) in [6.45, 7) is 1.78. The van der Waals surface area contributed by atoms with E-state index in [1.54, 1.807) is 54.1 Å². The lowest BCUT2D eigenvalue weighted by atomic mass is 9.97. The third kappa shape index (κ3) is 4.30. The van der Waals surface area contributed by atoms with Crippen LogP contribution in [0.15, 0.2) is 42.5 Å². The van der Waals surface area contributed by atoms with E-state index in [1.807, 2.05) is 0 Å². The number of aromatic hydroxyl groups is 1. The van der Waals surface area contributed by atoms with Gasteiger partial charge in [-0.2, -0.15) is 5.10 Å². The Bertz CT molecular complexity index is 1220. The Morgan fingerprint density at radius 2 is 1.79 bits per heavy atom. The van der Waals surface area contributed by atoms with Crippen molar-refractivity contribution >= 4 is 35.1 Å². The zero-order chi connectivity index (χ0) is 23.8. The minimum Gasteiger partial charge on any atom is -0.508 e. The molecule has 1 aromatic heterocycles. The van der Waals surface area contributed by atoms with Gasteiger partial charge in [0.2, 0.25) is 0 Å². The smallest absolute Gasteiger partial charge is 0.331 e. The van der Waals surface area contributed by atoms with Crippen molar-refractivity contribution in [2.24, 2.45) is 0 Å². The summed E-state index contributed by atoms with van der Waals surface area (Å²) >= 11 is 12.5. The second kappa shape index (κ2) is 9.08. The normalized spacial score (nSPS) is 14.8. The largest absolute Gasteiger partial charge is 0.508 e. The predicted octanol–water partition coefficient (Wildman–Crippen LogP) is 5.08. The van der Waals surface area contributed by atoms with E-state index in [4.69, 9.17) is 27.9 Å². The topological polar surface area (TPSA) is 93.5 Å².